The summed E-state index contributed by atoms with van der Waals surface area (Å²) < 4.78 is 5.72. The highest BCUT2D eigenvalue weighted by atomic mass is 16.5. The van der Waals surface area contributed by atoms with E-state index in [1.807, 2.05) is 0 Å². The highest BCUT2D eigenvalue weighted by Crippen LogP contribution is 2.42. The van der Waals surface area contributed by atoms with Gasteiger partial charge in [-0.15, -0.1) is 0 Å². The molecule has 4 atom stereocenters. The van der Waals surface area contributed by atoms with E-state index in [1.54, 1.807) is 0 Å². The van der Waals surface area contributed by atoms with Crippen LogP contribution in [0.15, 0.2) is 12.2 Å². The van der Waals surface area contributed by atoms with E-state index in [0.717, 1.165) is 18.4 Å². The van der Waals surface area contributed by atoms with Crippen LogP contribution in [-0.2, 0) is 4.74 Å². The van der Waals surface area contributed by atoms with Gasteiger partial charge in [0.25, 0.3) is 0 Å². The number of fused-ring (bicyclic) bond motifs is 2. The van der Waals surface area contributed by atoms with Gasteiger partial charge in [0.15, 0.2) is 0 Å². The number of rotatable bonds is 0. The molecule has 1 saturated carbocycles. The monoisotopic (exact) mass is 166 g/mol. The summed E-state index contributed by atoms with van der Waals surface area (Å²) in [4.78, 5) is 0. The topological polar surface area (TPSA) is 9.23 Å². The van der Waals surface area contributed by atoms with Crippen molar-refractivity contribution in [1.29, 1.82) is 0 Å². The maximum atomic E-state index is 5.72. The first kappa shape index (κ1) is 8.31. The Bertz CT molecular complexity index is 197. The molecule has 0 aromatic rings. The molecule has 2 bridgehead atoms. The van der Waals surface area contributed by atoms with Crippen LogP contribution < -0.4 is 0 Å². The zero-order valence-corrected chi connectivity index (χ0v) is 8.05. The molecule has 0 unspecified atom stereocenters. The molecule has 1 aliphatic carbocycles. The van der Waals surface area contributed by atoms with Crippen molar-refractivity contribution in [3.8, 4) is 0 Å². The van der Waals surface area contributed by atoms with Crippen LogP contribution in [0.2, 0.25) is 0 Å². The van der Waals surface area contributed by atoms with Crippen molar-refractivity contribution in [2.24, 2.45) is 17.8 Å². The van der Waals surface area contributed by atoms with E-state index in [9.17, 15) is 0 Å². The fourth-order valence-corrected chi connectivity index (χ4v) is 2.60. The van der Waals surface area contributed by atoms with Crippen LogP contribution in [0.3, 0.4) is 0 Å². The van der Waals surface area contributed by atoms with Gasteiger partial charge >= 0.3 is 0 Å². The van der Waals surface area contributed by atoms with E-state index in [4.69, 9.17) is 4.74 Å². The van der Waals surface area contributed by atoms with Crippen LogP contribution in [0.5, 0.6) is 0 Å². The maximum absolute atomic E-state index is 5.72. The molecule has 2 aliphatic rings. The van der Waals surface area contributed by atoms with Gasteiger partial charge in [-0.2, -0.15) is 0 Å². The van der Waals surface area contributed by atoms with Gasteiger partial charge in [-0.25, -0.2) is 0 Å². The number of hydrogen-bond donors (Lipinski definition) is 0. The van der Waals surface area contributed by atoms with Crippen molar-refractivity contribution in [2.75, 3.05) is 6.61 Å². The minimum Gasteiger partial charge on any atom is -0.378 e. The third-order valence-electron chi connectivity index (χ3n) is 3.61. The molecule has 2 rings (SSSR count). The molecule has 0 spiro atoms. The lowest BCUT2D eigenvalue weighted by molar-refractivity contribution is -0.0626. The summed E-state index contributed by atoms with van der Waals surface area (Å²) in [5.74, 6) is 2.25. The summed E-state index contributed by atoms with van der Waals surface area (Å²) >= 11 is 0. The molecule has 1 heterocycles. The lowest BCUT2D eigenvalue weighted by Gasteiger charge is -2.43. The van der Waals surface area contributed by atoms with E-state index in [1.165, 1.54) is 18.4 Å². The predicted molar refractivity (Wildman–Crippen MR) is 49.9 cm³/mol. The van der Waals surface area contributed by atoms with Gasteiger partial charge in [-0.3, -0.25) is 0 Å². The molecule has 1 saturated heterocycles. The van der Waals surface area contributed by atoms with Gasteiger partial charge in [-0.1, -0.05) is 19.1 Å². The lowest BCUT2D eigenvalue weighted by atomic mass is 9.69. The summed E-state index contributed by atoms with van der Waals surface area (Å²) in [5, 5.41) is 0. The Labute approximate surface area is 74.8 Å². The van der Waals surface area contributed by atoms with Crippen molar-refractivity contribution >= 4 is 0 Å². The second-order valence-electron chi connectivity index (χ2n) is 4.48. The van der Waals surface area contributed by atoms with E-state index >= 15 is 0 Å². The van der Waals surface area contributed by atoms with E-state index in [-0.39, 0.29) is 0 Å². The van der Waals surface area contributed by atoms with Crippen molar-refractivity contribution in [1.82, 2.24) is 0 Å². The highest BCUT2D eigenvalue weighted by molar-refractivity contribution is 5.10. The zero-order valence-electron chi connectivity index (χ0n) is 8.05. The summed E-state index contributed by atoms with van der Waals surface area (Å²) in [7, 11) is 0. The van der Waals surface area contributed by atoms with E-state index in [2.05, 4.69) is 20.4 Å². The second kappa shape index (κ2) is 2.88. The largest absolute Gasteiger partial charge is 0.378 e. The normalized spacial score (nSPS) is 47.7. The quantitative estimate of drug-likeness (QED) is 0.503. The molecule has 0 aromatic carbocycles. The third-order valence-corrected chi connectivity index (χ3v) is 3.61. The smallest absolute Gasteiger partial charge is 0.0612 e. The molecular formula is C11H18O. The fourth-order valence-electron chi connectivity index (χ4n) is 2.60. The SMILES string of the molecule is C=C1C[C@H](C)[C@H]2CO[C@@H](C)[C@@H]1C2. The summed E-state index contributed by atoms with van der Waals surface area (Å²) in [6.45, 7) is 9.64. The molecule has 0 radical (unpaired) electrons. The Morgan fingerprint density at radius 2 is 2.17 bits per heavy atom. The van der Waals surface area contributed by atoms with Crippen molar-refractivity contribution < 1.29 is 4.74 Å². The first-order valence-electron chi connectivity index (χ1n) is 4.97. The molecule has 68 valence electrons. The van der Waals surface area contributed by atoms with Gasteiger partial charge in [0.1, 0.15) is 0 Å². The Kier molecular flexibility index (Phi) is 1.99. The van der Waals surface area contributed by atoms with Gasteiger partial charge in [-0.05, 0) is 31.6 Å². The average molecular weight is 166 g/mol. The fraction of sp³-hybridized carbons (Fsp3) is 0.818. The Balaban J connectivity index is 2.14. The highest BCUT2D eigenvalue weighted by Gasteiger charge is 2.37. The lowest BCUT2D eigenvalue weighted by Crippen LogP contribution is -2.40. The molecule has 1 aliphatic heterocycles. The average Bonchev–Trinajstić information content (AvgIpc) is 2.03. The predicted octanol–water partition coefficient (Wildman–Crippen LogP) is 2.62. The Hall–Kier alpha value is -0.300. The van der Waals surface area contributed by atoms with E-state index < -0.39 is 0 Å². The second-order valence-corrected chi connectivity index (χ2v) is 4.48. The van der Waals surface area contributed by atoms with Gasteiger partial charge < -0.3 is 4.74 Å². The summed E-state index contributed by atoms with van der Waals surface area (Å²) in [6, 6.07) is 0. The van der Waals surface area contributed by atoms with Crippen LogP contribution in [0.25, 0.3) is 0 Å². The van der Waals surface area contributed by atoms with Crippen LogP contribution in [0.1, 0.15) is 26.7 Å². The van der Waals surface area contributed by atoms with E-state index in [0.29, 0.717) is 12.0 Å². The molecule has 2 fully saturated rings. The standard InChI is InChI=1S/C11H18O/c1-7-4-8(2)11-5-10(7)6-12-9(11)3/h7,9-11H,2,4-6H2,1,3H3/t7-,9-,10+,11+/m0/s1. The van der Waals surface area contributed by atoms with Crippen molar-refractivity contribution in [3.63, 3.8) is 0 Å². The van der Waals surface area contributed by atoms with Crippen LogP contribution in [-0.4, -0.2) is 12.7 Å². The molecular weight excluding hydrogens is 148 g/mol. The molecule has 1 heteroatoms. The summed E-state index contributed by atoms with van der Waals surface area (Å²) in [6.07, 6.45) is 2.96. The minimum absolute atomic E-state index is 0.418. The number of ether oxygens (including phenoxy) is 1. The first-order valence-corrected chi connectivity index (χ1v) is 4.97. The zero-order chi connectivity index (χ0) is 8.72. The maximum Gasteiger partial charge on any atom is 0.0612 e. The Morgan fingerprint density at radius 1 is 1.42 bits per heavy atom. The molecule has 0 amide bonds. The van der Waals surface area contributed by atoms with Crippen LogP contribution in [0.4, 0.5) is 0 Å². The molecule has 0 N–H and O–H groups in total. The first-order chi connectivity index (χ1) is 5.68. The van der Waals surface area contributed by atoms with Gasteiger partial charge in [0, 0.05) is 5.92 Å². The Morgan fingerprint density at radius 3 is 2.92 bits per heavy atom. The minimum atomic E-state index is 0.418. The van der Waals surface area contributed by atoms with Crippen molar-refractivity contribution in [2.45, 2.75) is 32.8 Å². The molecule has 12 heavy (non-hydrogen) atoms. The summed E-state index contributed by atoms with van der Waals surface area (Å²) in [5.41, 5.74) is 1.42. The van der Waals surface area contributed by atoms with Crippen LogP contribution >= 0.6 is 0 Å². The number of hydrogen-bond acceptors (Lipinski definition) is 1. The molecule has 1 nitrogen and oxygen atoms in total. The van der Waals surface area contributed by atoms with Crippen molar-refractivity contribution in [3.05, 3.63) is 12.2 Å². The van der Waals surface area contributed by atoms with Crippen LogP contribution in [0, 0.1) is 17.8 Å². The molecule has 0 aromatic heterocycles. The van der Waals surface area contributed by atoms with Gasteiger partial charge in [0.2, 0.25) is 0 Å². The third kappa shape index (κ3) is 1.20. The van der Waals surface area contributed by atoms with Gasteiger partial charge in [0.05, 0.1) is 12.7 Å².